The van der Waals surface area contributed by atoms with Crippen LogP contribution in [0.3, 0.4) is 0 Å². The summed E-state index contributed by atoms with van der Waals surface area (Å²) in [4.78, 5) is 14.6. The minimum Gasteiger partial charge on any atom is -0.497 e. The van der Waals surface area contributed by atoms with Crippen LogP contribution in [0.25, 0.3) is 6.08 Å². The average Bonchev–Trinajstić information content (AvgIpc) is 2.75. The number of nitrogens with zero attached hydrogens (tertiary/aromatic N) is 1. The van der Waals surface area contributed by atoms with Gasteiger partial charge in [-0.1, -0.05) is 30.9 Å². The highest BCUT2D eigenvalue weighted by Gasteiger charge is 2.31. The van der Waals surface area contributed by atoms with E-state index >= 15 is 0 Å². The van der Waals surface area contributed by atoms with Gasteiger partial charge in [-0.25, -0.2) is 0 Å². The highest BCUT2D eigenvalue weighted by Crippen LogP contribution is 2.35. The number of amides is 1. The topological polar surface area (TPSA) is 38.8 Å². The second-order valence-corrected chi connectivity index (χ2v) is 6.12. The number of carbonyl (C=O) groups excluding carboxylic acids is 1. The van der Waals surface area contributed by atoms with Crippen LogP contribution >= 0.6 is 24.0 Å². The van der Waals surface area contributed by atoms with E-state index in [9.17, 15) is 4.79 Å². The van der Waals surface area contributed by atoms with Gasteiger partial charge in [-0.05, 0) is 30.7 Å². The fraction of sp³-hybridized carbons (Fsp3) is 0.333. The van der Waals surface area contributed by atoms with Gasteiger partial charge in [0.05, 0.1) is 19.1 Å². The molecule has 1 aliphatic heterocycles. The van der Waals surface area contributed by atoms with Crippen LogP contribution < -0.4 is 9.47 Å². The molecule has 21 heavy (non-hydrogen) atoms. The van der Waals surface area contributed by atoms with Gasteiger partial charge in [0, 0.05) is 12.1 Å². The molecule has 4 nitrogen and oxygen atoms in total. The molecule has 1 fully saturated rings. The lowest BCUT2D eigenvalue weighted by Gasteiger charge is -2.12. The van der Waals surface area contributed by atoms with Gasteiger partial charge in [0.1, 0.15) is 15.8 Å². The number of thiocarbonyl (C=S) groups is 1. The maximum absolute atomic E-state index is 12.3. The second kappa shape index (κ2) is 6.95. The number of rotatable bonds is 5. The molecule has 2 rings (SSSR count). The van der Waals surface area contributed by atoms with Crippen molar-refractivity contribution in [3.63, 3.8) is 0 Å². The molecule has 1 aromatic rings. The summed E-state index contributed by atoms with van der Waals surface area (Å²) in [6.45, 7) is 2.67. The van der Waals surface area contributed by atoms with Crippen LogP contribution in [-0.2, 0) is 4.79 Å². The molecule has 0 saturated carbocycles. The van der Waals surface area contributed by atoms with Crippen molar-refractivity contribution in [3.8, 4) is 11.5 Å². The van der Waals surface area contributed by atoms with Crippen molar-refractivity contribution in [2.75, 3.05) is 20.8 Å². The molecule has 0 spiro atoms. The molecule has 0 aromatic heterocycles. The molecule has 1 aliphatic rings. The van der Waals surface area contributed by atoms with E-state index in [4.69, 9.17) is 21.7 Å². The predicted octanol–water partition coefficient (Wildman–Crippen LogP) is 3.32. The number of ether oxygens (including phenoxy) is 2. The smallest absolute Gasteiger partial charge is 0.266 e. The van der Waals surface area contributed by atoms with Crippen molar-refractivity contribution in [3.05, 3.63) is 28.7 Å². The van der Waals surface area contributed by atoms with E-state index in [1.807, 2.05) is 25.1 Å². The molecule has 0 bridgehead atoms. The molecule has 0 aliphatic carbocycles. The van der Waals surface area contributed by atoms with E-state index < -0.39 is 0 Å². The minimum absolute atomic E-state index is 0.0447. The monoisotopic (exact) mass is 323 g/mol. The third-order valence-corrected chi connectivity index (χ3v) is 4.42. The minimum atomic E-state index is -0.0447. The van der Waals surface area contributed by atoms with Gasteiger partial charge in [0.2, 0.25) is 0 Å². The summed E-state index contributed by atoms with van der Waals surface area (Å²) in [6.07, 6.45) is 2.68. The Kier molecular flexibility index (Phi) is 5.25. The first-order chi connectivity index (χ1) is 10.1. The summed E-state index contributed by atoms with van der Waals surface area (Å²) in [5.74, 6) is 1.36. The normalized spacial score (nSPS) is 16.7. The van der Waals surface area contributed by atoms with Crippen molar-refractivity contribution in [1.82, 2.24) is 4.90 Å². The van der Waals surface area contributed by atoms with Crippen molar-refractivity contribution in [2.24, 2.45) is 0 Å². The fourth-order valence-electron chi connectivity index (χ4n) is 2.01. The van der Waals surface area contributed by atoms with Crippen LogP contribution in [0.2, 0.25) is 0 Å². The maximum Gasteiger partial charge on any atom is 0.266 e. The number of hydrogen-bond acceptors (Lipinski definition) is 5. The van der Waals surface area contributed by atoms with E-state index in [1.165, 1.54) is 11.8 Å². The molecular formula is C15H17NO3S2. The van der Waals surface area contributed by atoms with E-state index in [2.05, 4.69) is 0 Å². The Morgan fingerprint density at radius 2 is 2.10 bits per heavy atom. The van der Waals surface area contributed by atoms with E-state index in [1.54, 1.807) is 25.2 Å². The van der Waals surface area contributed by atoms with Gasteiger partial charge < -0.3 is 9.47 Å². The lowest BCUT2D eigenvalue weighted by molar-refractivity contribution is -0.122. The molecule has 0 atom stereocenters. The molecular weight excluding hydrogens is 306 g/mol. The Hall–Kier alpha value is -1.53. The van der Waals surface area contributed by atoms with Gasteiger partial charge in [-0.2, -0.15) is 0 Å². The molecule has 0 unspecified atom stereocenters. The lowest BCUT2D eigenvalue weighted by Crippen LogP contribution is -2.28. The number of benzene rings is 1. The number of methoxy groups -OCH3 is 2. The average molecular weight is 323 g/mol. The van der Waals surface area contributed by atoms with Gasteiger partial charge in [-0.15, -0.1) is 0 Å². The zero-order chi connectivity index (χ0) is 15.4. The van der Waals surface area contributed by atoms with Gasteiger partial charge in [0.25, 0.3) is 5.91 Å². The first kappa shape index (κ1) is 15.9. The largest absolute Gasteiger partial charge is 0.497 e. The Labute approximate surface area is 134 Å². The molecule has 1 amide bonds. The third-order valence-electron chi connectivity index (χ3n) is 3.04. The van der Waals surface area contributed by atoms with Crippen molar-refractivity contribution < 1.29 is 14.3 Å². The van der Waals surface area contributed by atoms with E-state index in [-0.39, 0.29) is 5.91 Å². The van der Waals surface area contributed by atoms with Gasteiger partial charge >= 0.3 is 0 Å². The standard InChI is InChI=1S/C15H17NO3S2/c1-4-7-16-14(17)13(21-15(16)20)9-10-8-11(18-2)5-6-12(10)19-3/h5-6,8-9H,4,7H2,1-3H3/b13-9-. The molecule has 0 N–H and O–H groups in total. The van der Waals surface area contributed by atoms with Crippen molar-refractivity contribution in [2.45, 2.75) is 13.3 Å². The highest BCUT2D eigenvalue weighted by molar-refractivity contribution is 8.26. The van der Waals surface area contributed by atoms with Crippen LogP contribution in [0.15, 0.2) is 23.1 Å². The Bertz CT molecular complexity index is 599. The lowest BCUT2D eigenvalue weighted by atomic mass is 10.1. The zero-order valence-electron chi connectivity index (χ0n) is 12.2. The molecule has 1 saturated heterocycles. The van der Waals surface area contributed by atoms with Crippen LogP contribution in [0, 0.1) is 0 Å². The molecule has 1 aromatic carbocycles. The molecule has 1 heterocycles. The number of thioether (sulfide) groups is 1. The second-order valence-electron chi connectivity index (χ2n) is 4.44. The summed E-state index contributed by atoms with van der Waals surface area (Å²) >= 11 is 6.58. The Morgan fingerprint density at radius 1 is 1.33 bits per heavy atom. The fourth-order valence-corrected chi connectivity index (χ4v) is 3.31. The summed E-state index contributed by atoms with van der Waals surface area (Å²) in [5.41, 5.74) is 0.800. The SMILES string of the molecule is CCCN1C(=O)/C(=C/c2cc(OC)ccc2OC)SC1=S. The van der Waals surface area contributed by atoms with Crippen LogP contribution in [-0.4, -0.2) is 35.9 Å². The van der Waals surface area contributed by atoms with Gasteiger partial charge in [0.15, 0.2) is 0 Å². The van der Waals surface area contributed by atoms with E-state index in [0.717, 1.165) is 12.0 Å². The van der Waals surface area contributed by atoms with Crippen molar-refractivity contribution in [1.29, 1.82) is 0 Å². The molecule has 112 valence electrons. The Balaban J connectivity index is 2.35. The summed E-state index contributed by atoms with van der Waals surface area (Å²) in [5, 5.41) is 0. The predicted molar refractivity (Wildman–Crippen MR) is 89.7 cm³/mol. The van der Waals surface area contributed by atoms with Crippen LogP contribution in [0.1, 0.15) is 18.9 Å². The number of carbonyl (C=O) groups is 1. The summed E-state index contributed by atoms with van der Waals surface area (Å²) in [6, 6.07) is 5.47. The molecule has 6 heteroatoms. The zero-order valence-corrected chi connectivity index (χ0v) is 13.8. The first-order valence-corrected chi connectivity index (χ1v) is 7.80. The third kappa shape index (κ3) is 3.39. The maximum atomic E-state index is 12.3. The number of hydrogen-bond donors (Lipinski definition) is 0. The Morgan fingerprint density at radius 3 is 2.71 bits per heavy atom. The van der Waals surface area contributed by atoms with E-state index in [0.29, 0.717) is 27.3 Å². The molecule has 0 radical (unpaired) electrons. The highest BCUT2D eigenvalue weighted by atomic mass is 32.2. The van der Waals surface area contributed by atoms with Crippen molar-refractivity contribution >= 4 is 40.3 Å². The quantitative estimate of drug-likeness (QED) is 0.614. The van der Waals surface area contributed by atoms with Crippen LogP contribution in [0.4, 0.5) is 0 Å². The first-order valence-electron chi connectivity index (χ1n) is 6.58. The van der Waals surface area contributed by atoms with Gasteiger partial charge in [-0.3, -0.25) is 9.69 Å². The summed E-state index contributed by atoms with van der Waals surface area (Å²) < 4.78 is 11.1. The van der Waals surface area contributed by atoms with Crippen LogP contribution in [0.5, 0.6) is 11.5 Å². The summed E-state index contributed by atoms with van der Waals surface area (Å²) in [7, 11) is 3.20.